The zero-order valence-electron chi connectivity index (χ0n) is 9.74. The number of rotatable bonds is 3. The average molecular weight is 206 g/mol. The van der Waals surface area contributed by atoms with Crippen LogP contribution in [0, 0.1) is 12.8 Å². The van der Waals surface area contributed by atoms with Gasteiger partial charge in [0.2, 0.25) is 0 Å². The predicted molar refractivity (Wildman–Crippen MR) is 63.9 cm³/mol. The van der Waals surface area contributed by atoms with E-state index in [-0.39, 0.29) is 5.92 Å². The van der Waals surface area contributed by atoms with E-state index in [0.29, 0.717) is 5.84 Å². The lowest BCUT2D eigenvalue weighted by molar-refractivity contribution is 0.412. The molecular formula is C12H18N2O. The van der Waals surface area contributed by atoms with E-state index in [1.54, 1.807) is 7.11 Å². The third kappa shape index (κ3) is 2.98. The molecule has 82 valence electrons. The molecular weight excluding hydrogens is 188 g/mol. The van der Waals surface area contributed by atoms with Gasteiger partial charge in [0.25, 0.3) is 0 Å². The minimum atomic E-state index is 0.271. The number of hydrogen-bond acceptors (Lipinski definition) is 2. The molecule has 3 nitrogen and oxygen atoms in total. The molecule has 0 bridgehead atoms. The lowest BCUT2D eigenvalue weighted by Gasteiger charge is -2.07. The highest BCUT2D eigenvalue weighted by atomic mass is 16.5. The van der Waals surface area contributed by atoms with Gasteiger partial charge in [0, 0.05) is 5.92 Å². The molecule has 0 saturated heterocycles. The molecule has 0 aliphatic rings. The largest absolute Gasteiger partial charge is 0.496 e. The summed E-state index contributed by atoms with van der Waals surface area (Å²) in [7, 11) is 1.66. The van der Waals surface area contributed by atoms with Crippen LogP contribution in [0.15, 0.2) is 23.2 Å². The van der Waals surface area contributed by atoms with Crippen molar-refractivity contribution >= 4 is 11.5 Å². The summed E-state index contributed by atoms with van der Waals surface area (Å²) in [4.78, 5) is 4.33. The van der Waals surface area contributed by atoms with Crippen molar-refractivity contribution in [2.45, 2.75) is 20.8 Å². The van der Waals surface area contributed by atoms with Gasteiger partial charge in [0.1, 0.15) is 11.6 Å². The van der Waals surface area contributed by atoms with Gasteiger partial charge < -0.3 is 10.5 Å². The summed E-state index contributed by atoms with van der Waals surface area (Å²) >= 11 is 0. The van der Waals surface area contributed by atoms with E-state index in [0.717, 1.165) is 17.0 Å². The van der Waals surface area contributed by atoms with Crippen molar-refractivity contribution in [2.75, 3.05) is 7.11 Å². The van der Waals surface area contributed by atoms with E-state index in [2.05, 4.69) is 4.99 Å². The fraction of sp³-hybridized carbons (Fsp3) is 0.417. The molecule has 0 radical (unpaired) electrons. The fourth-order valence-electron chi connectivity index (χ4n) is 1.21. The molecule has 0 aliphatic heterocycles. The minimum Gasteiger partial charge on any atom is -0.496 e. The fourth-order valence-corrected chi connectivity index (χ4v) is 1.21. The molecule has 0 amide bonds. The molecule has 0 aromatic heterocycles. The lowest BCUT2D eigenvalue weighted by Crippen LogP contribution is -2.17. The zero-order chi connectivity index (χ0) is 11.4. The number of nitrogens with two attached hydrogens (primary N) is 1. The third-order valence-corrected chi connectivity index (χ3v) is 2.23. The highest BCUT2D eigenvalue weighted by Crippen LogP contribution is 2.23. The van der Waals surface area contributed by atoms with Crippen LogP contribution in [-0.2, 0) is 0 Å². The number of benzene rings is 1. The Morgan fingerprint density at radius 2 is 2.07 bits per heavy atom. The first kappa shape index (κ1) is 11.6. The number of amidine groups is 1. The molecule has 0 atom stereocenters. The number of hydrogen-bond donors (Lipinski definition) is 1. The van der Waals surface area contributed by atoms with Crippen LogP contribution in [0.25, 0.3) is 0 Å². The summed E-state index contributed by atoms with van der Waals surface area (Å²) in [6.45, 7) is 6.04. The maximum absolute atomic E-state index is 5.79. The Labute approximate surface area is 91.0 Å². The summed E-state index contributed by atoms with van der Waals surface area (Å²) in [5.41, 5.74) is 7.73. The molecule has 1 aromatic rings. The Morgan fingerprint density at radius 3 is 2.53 bits per heavy atom. The SMILES string of the molecule is COc1ccc(N=C(N)C(C)C)cc1C. The van der Waals surface area contributed by atoms with Crippen LogP contribution in [0.1, 0.15) is 19.4 Å². The van der Waals surface area contributed by atoms with Crippen molar-refractivity contribution in [3.05, 3.63) is 23.8 Å². The molecule has 0 aliphatic carbocycles. The normalized spacial score (nSPS) is 11.9. The Kier molecular flexibility index (Phi) is 3.72. The molecule has 2 N–H and O–H groups in total. The van der Waals surface area contributed by atoms with Crippen LogP contribution in [0.4, 0.5) is 5.69 Å². The smallest absolute Gasteiger partial charge is 0.121 e. The van der Waals surface area contributed by atoms with Crippen LogP contribution in [0.3, 0.4) is 0 Å². The van der Waals surface area contributed by atoms with Gasteiger partial charge in [-0.15, -0.1) is 0 Å². The lowest BCUT2D eigenvalue weighted by atomic mass is 10.2. The van der Waals surface area contributed by atoms with Crippen molar-refractivity contribution in [3.63, 3.8) is 0 Å². The maximum Gasteiger partial charge on any atom is 0.121 e. The molecule has 0 unspecified atom stereocenters. The average Bonchev–Trinajstić information content (AvgIpc) is 2.18. The molecule has 0 spiro atoms. The number of nitrogens with zero attached hydrogens (tertiary/aromatic N) is 1. The first-order valence-corrected chi connectivity index (χ1v) is 5.03. The van der Waals surface area contributed by atoms with Gasteiger partial charge in [0.05, 0.1) is 12.8 Å². The second-order valence-corrected chi connectivity index (χ2v) is 3.85. The van der Waals surface area contributed by atoms with Crippen LogP contribution >= 0.6 is 0 Å². The van der Waals surface area contributed by atoms with Crippen LogP contribution in [0.2, 0.25) is 0 Å². The van der Waals surface area contributed by atoms with Crippen molar-refractivity contribution in [3.8, 4) is 5.75 Å². The summed E-state index contributed by atoms with van der Waals surface area (Å²) in [6, 6.07) is 5.77. The van der Waals surface area contributed by atoms with Crippen molar-refractivity contribution in [1.82, 2.24) is 0 Å². The second kappa shape index (κ2) is 4.82. The van der Waals surface area contributed by atoms with Gasteiger partial charge in [-0.25, -0.2) is 4.99 Å². The summed E-state index contributed by atoms with van der Waals surface area (Å²) in [5, 5.41) is 0. The number of ether oxygens (including phenoxy) is 1. The van der Waals surface area contributed by atoms with Crippen molar-refractivity contribution < 1.29 is 4.74 Å². The molecule has 1 aromatic carbocycles. The van der Waals surface area contributed by atoms with Crippen molar-refractivity contribution in [1.29, 1.82) is 0 Å². The molecule has 15 heavy (non-hydrogen) atoms. The molecule has 3 heteroatoms. The Bertz CT molecular complexity index is 370. The highest BCUT2D eigenvalue weighted by molar-refractivity contribution is 5.84. The van der Waals surface area contributed by atoms with E-state index in [1.165, 1.54) is 0 Å². The standard InChI is InChI=1S/C12H18N2O/c1-8(2)12(13)14-10-5-6-11(15-4)9(3)7-10/h5-8H,1-4H3,(H2,13,14). The van der Waals surface area contributed by atoms with E-state index < -0.39 is 0 Å². The van der Waals surface area contributed by atoms with Crippen LogP contribution in [0.5, 0.6) is 5.75 Å². The highest BCUT2D eigenvalue weighted by Gasteiger charge is 2.02. The number of aryl methyl sites for hydroxylation is 1. The van der Waals surface area contributed by atoms with E-state index in [1.807, 2.05) is 39.0 Å². The molecule has 0 saturated carbocycles. The minimum absolute atomic E-state index is 0.271. The summed E-state index contributed by atoms with van der Waals surface area (Å²) in [6.07, 6.45) is 0. The van der Waals surface area contributed by atoms with Crippen LogP contribution in [-0.4, -0.2) is 12.9 Å². The Hall–Kier alpha value is -1.51. The van der Waals surface area contributed by atoms with E-state index in [9.17, 15) is 0 Å². The molecule has 0 fully saturated rings. The Balaban J connectivity index is 2.98. The Morgan fingerprint density at radius 1 is 1.40 bits per heavy atom. The second-order valence-electron chi connectivity index (χ2n) is 3.85. The third-order valence-electron chi connectivity index (χ3n) is 2.23. The van der Waals surface area contributed by atoms with Gasteiger partial charge in [0.15, 0.2) is 0 Å². The molecule has 1 rings (SSSR count). The summed E-state index contributed by atoms with van der Waals surface area (Å²) < 4.78 is 5.17. The maximum atomic E-state index is 5.79. The quantitative estimate of drug-likeness (QED) is 0.610. The topological polar surface area (TPSA) is 47.6 Å². The van der Waals surface area contributed by atoms with Gasteiger partial charge in [-0.05, 0) is 30.7 Å². The van der Waals surface area contributed by atoms with Crippen LogP contribution < -0.4 is 10.5 Å². The number of aliphatic imine (C=N–C) groups is 1. The van der Waals surface area contributed by atoms with Gasteiger partial charge in [-0.2, -0.15) is 0 Å². The predicted octanol–water partition coefficient (Wildman–Crippen LogP) is 2.65. The monoisotopic (exact) mass is 206 g/mol. The van der Waals surface area contributed by atoms with Gasteiger partial charge >= 0.3 is 0 Å². The first-order chi connectivity index (χ1) is 7.04. The first-order valence-electron chi connectivity index (χ1n) is 5.03. The zero-order valence-corrected chi connectivity index (χ0v) is 9.74. The van der Waals surface area contributed by atoms with Gasteiger partial charge in [-0.1, -0.05) is 13.8 Å². The van der Waals surface area contributed by atoms with Crippen molar-refractivity contribution in [2.24, 2.45) is 16.6 Å². The number of methoxy groups -OCH3 is 1. The van der Waals surface area contributed by atoms with E-state index >= 15 is 0 Å². The summed E-state index contributed by atoms with van der Waals surface area (Å²) in [5.74, 6) is 1.80. The van der Waals surface area contributed by atoms with Gasteiger partial charge in [-0.3, -0.25) is 0 Å². The molecule has 0 heterocycles. The van der Waals surface area contributed by atoms with E-state index in [4.69, 9.17) is 10.5 Å².